The Morgan fingerprint density at radius 3 is 2.53 bits per heavy atom. The molecule has 0 aliphatic carbocycles. The lowest BCUT2D eigenvalue weighted by Gasteiger charge is -2.27. The van der Waals surface area contributed by atoms with Gasteiger partial charge in [-0.25, -0.2) is 8.42 Å². The molecule has 3 aromatic rings. The van der Waals surface area contributed by atoms with Gasteiger partial charge in [0.25, 0.3) is 5.91 Å². The predicted molar refractivity (Wildman–Crippen MR) is 129 cm³/mol. The maximum atomic E-state index is 13.3. The molecule has 1 aliphatic rings. The lowest BCUT2D eigenvalue weighted by Crippen LogP contribution is -2.40. The van der Waals surface area contributed by atoms with Crippen LogP contribution in [0.15, 0.2) is 51.9 Å². The fourth-order valence-electron chi connectivity index (χ4n) is 3.71. The monoisotopic (exact) mass is 516 g/mol. The summed E-state index contributed by atoms with van der Waals surface area (Å²) in [7, 11) is -1.14. The van der Waals surface area contributed by atoms with Crippen LogP contribution in [0.25, 0.3) is 11.4 Å². The Bertz CT molecular complexity index is 1300. The highest BCUT2D eigenvalue weighted by Gasteiger charge is 2.28. The van der Waals surface area contributed by atoms with E-state index in [0.717, 1.165) is 10.1 Å². The molecule has 4 rings (SSSR count). The molecule has 1 fully saturated rings. The molecular formula is C24H28N4O7S. The Balaban J connectivity index is 1.52. The third kappa shape index (κ3) is 5.50. The van der Waals surface area contributed by atoms with E-state index in [4.69, 9.17) is 18.7 Å². The molecule has 36 heavy (non-hydrogen) atoms. The van der Waals surface area contributed by atoms with Crippen LogP contribution in [-0.4, -0.2) is 80.7 Å². The second kappa shape index (κ2) is 11.1. The standard InChI is InChI=1S/C24H28N4O7S/c1-4-34-18-7-5-17(6-8-18)23-25-22(35-26-23)16-27(2)36(30,31)19-9-10-21(32-3)20(15-19)24(29)28-11-13-33-14-12-28/h5-10,15H,4,11-14,16H2,1-3H3. The van der Waals surface area contributed by atoms with Crippen molar-refractivity contribution >= 4 is 15.9 Å². The number of hydrogen-bond donors (Lipinski definition) is 0. The van der Waals surface area contributed by atoms with E-state index in [1.54, 1.807) is 29.2 Å². The lowest BCUT2D eigenvalue weighted by molar-refractivity contribution is 0.0300. The van der Waals surface area contributed by atoms with Crippen LogP contribution in [-0.2, 0) is 21.3 Å². The van der Waals surface area contributed by atoms with Crippen molar-refractivity contribution in [2.75, 3.05) is 47.1 Å². The molecule has 0 saturated carbocycles. The maximum absolute atomic E-state index is 13.3. The van der Waals surface area contributed by atoms with Crippen LogP contribution in [0.1, 0.15) is 23.2 Å². The third-order valence-corrected chi connectivity index (χ3v) is 7.46. The average molecular weight is 517 g/mol. The molecular weight excluding hydrogens is 488 g/mol. The minimum absolute atomic E-state index is 0.0475. The summed E-state index contributed by atoms with van der Waals surface area (Å²) in [5.74, 6) is 1.17. The minimum Gasteiger partial charge on any atom is -0.496 e. The van der Waals surface area contributed by atoms with Crippen molar-refractivity contribution in [3.05, 3.63) is 53.9 Å². The molecule has 0 bridgehead atoms. The summed E-state index contributed by atoms with van der Waals surface area (Å²) in [5, 5.41) is 3.96. The van der Waals surface area contributed by atoms with Crippen molar-refractivity contribution < 1.29 is 31.9 Å². The number of carbonyl (C=O) groups excluding carboxylic acids is 1. The molecule has 0 N–H and O–H groups in total. The summed E-state index contributed by atoms with van der Waals surface area (Å²) in [6.45, 7) is 4.02. The first-order valence-corrected chi connectivity index (χ1v) is 12.8. The summed E-state index contributed by atoms with van der Waals surface area (Å²) < 4.78 is 49.0. The number of morpholine rings is 1. The largest absolute Gasteiger partial charge is 0.496 e. The zero-order valence-electron chi connectivity index (χ0n) is 20.3. The number of amides is 1. The number of hydrogen-bond acceptors (Lipinski definition) is 9. The van der Waals surface area contributed by atoms with E-state index in [-0.39, 0.29) is 28.8 Å². The van der Waals surface area contributed by atoms with Crippen LogP contribution in [0, 0.1) is 0 Å². The van der Waals surface area contributed by atoms with Gasteiger partial charge in [0.1, 0.15) is 11.5 Å². The number of methoxy groups -OCH3 is 1. The van der Waals surface area contributed by atoms with Crippen molar-refractivity contribution in [2.45, 2.75) is 18.4 Å². The van der Waals surface area contributed by atoms with Gasteiger partial charge in [-0.3, -0.25) is 4.79 Å². The smallest absolute Gasteiger partial charge is 0.257 e. The van der Waals surface area contributed by atoms with Crippen molar-refractivity contribution in [2.24, 2.45) is 0 Å². The molecule has 1 aliphatic heterocycles. The third-order valence-electron chi connectivity index (χ3n) is 5.66. The molecule has 1 aromatic heterocycles. The Kier molecular flexibility index (Phi) is 7.87. The van der Waals surface area contributed by atoms with E-state index in [0.29, 0.717) is 50.0 Å². The maximum Gasteiger partial charge on any atom is 0.257 e. The fourth-order valence-corrected chi connectivity index (χ4v) is 4.86. The van der Waals surface area contributed by atoms with Crippen LogP contribution in [0.5, 0.6) is 11.5 Å². The van der Waals surface area contributed by atoms with E-state index in [2.05, 4.69) is 10.1 Å². The van der Waals surface area contributed by atoms with Gasteiger partial charge in [-0.15, -0.1) is 0 Å². The normalized spacial score (nSPS) is 14.2. The molecule has 192 valence electrons. The van der Waals surface area contributed by atoms with Gasteiger partial charge in [0.2, 0.25) is 21.7 Å². The Labute approximate surface area is 209 Å². The molecule has 2 heterocycles. The van der Waals surface area contributed by atoms with Crippen LogP contribution >= 0.6 is 0 Å². The summed E-state index contributed by atoms with van der Waals surface area (Å²) in [5.41, 5.74) is 0.879. The predicted octanol–water partition coefficient (Wildman–Crippen LogP) is 2.44. The van der Waals surface area contributed by atoms with Gasteiger partial charge in [0.15, 0.2) is 0 Å². The number of benzene rings is 2. The highest BCUT2D eigenvalue weighted by Crippen LogP contribution is 2.27. The van der Waals surface area contributed by atoms with Gasteiger partial charge in [0.05, 0.1) is 43.9 Å². The van der Waals surface area contributed by atoms with Gasteiger partial charge in [-0.1, -0.05) is 5.16 Å². The van der Waals surface area contributed by atoms with Gasteiger partial charge < -0.3 is 23.6 Å². The van der Waals surface area contributed by atoms with E-state index in [1.165, 1.54) is 32.4 Å². The molecule has 1 saturated heterocycles. The molecule has 1 amide bonds. The zero-order chi connectivity index (χ0) is 25.7. The summed E-state index contributed by atoms with van der Waals surface area (Å²) in [4.78, 5) is 18.9. The second-order valence-corrected chi connectivity index (χ2v) is 10.0. The number of rotatable bonds is 9. The SMILES string of the molecule is CCOc1ccc(-c2noc(CN(C)S(=O)(=O)c3ccc(OC)c(C(=O)N4CCOCC4)c3)n2)cc1. The van der Waals surface area contributed by atoms with Gasteiger partial charge >= 0.3 is 0 Å². The molecule has 0 spiro atoms. The highest BCUT2D eigenvalue weighted by atomic mass is 32.2. The molecule has 2 aromatic carbocycles. The Morgan fingerprint density at radius 1 is 1.14 bits per heavy atom. The molecule has 0 radical (unpaired) electrons. The van der Waals surface area contributed by atoms with Crippen LogP contribution in [0.4, 0.5) is 0 Å². The summed E-state index contributed by atoms with van der Waals surface area (Å²) in [6, 6.07) is 11.4. The lowest BCUT2D eigenvalue weighted by atomic mass is 10.1. The molecule has 11 nitrogen and oxygen atoms in total. The van der Waals surface area contributed by atoms with E-state index < -0.39 is 10.0 Å². The number of carbonyl (C=O) groups is 1. The topological polar surface area (TPSA) is 124 Å². The summed E-state index contributed by atoms with van der Waals surface area (Å²) >= 11 is 0. The first kappa shape index (κ1) is 25.6. The molecule has 0 unspecified atom stereocenters. The molecule has 12 heteroatoms. The Hall–Kier alpha value is -3.48. The minimum atomic E-state index is -3.98. The van der Waals surface area contributed by atoms with E-state index >= 15 is 0 Å². The van der Waals surface area contributed by atoms with Crippen molar-refractivity contribution in [1.29, 1.82) is 0 Å². The van der Waals surface area contributed by atoms with Crippen molar-refractivity contribution in [3.8, 4) is 22.9 Å². The van der Waals surface area contributed by atoms with Crippen LogP contribution in [0.2, 0.25) is 0 Å². The second-order valence-electron chi connectivity index (χ2n) is 8.00. The van der Waals surface area contributed by atoms with Crippen LogP contribution < -0.4 is 9.47 Å². The first-order valence-electron chi connectivity index (χ1n) is 11.4. The quantitative estimate of drug-likeness (QED) is 0.422. The zero-order valence-corrected chi connectivity index (χ0v) is 21.2. The van der Waals surface area contributed by atoms with Crippen molar-refractivity contribution in [3.63, 3.8) is 0 Å². The Morgan fingerprint density at radius 2 is 1.86 bits per heavy atom. The number of aromatic nitrogens is 2. The van der Waals surface area contributed by atoms with Crippen LogP contribution in [0.3, 0.4) is 0 Å². The van der Waals surface area contributed by atoms with Gasteiger partial charge in [-0.2, -0.15) is 9.29 Å². The molecule has 0 atom stereocenters. The number of nitrogens with zero attached hydrogens (tertiary/aromatic N) is 4. The van der Waals surface area contributed by atoms with E-state index in [9.17, 15) is 13.2 Å². The van der Waals surface area contributed by atoms with Crippen molar-refractivity contribution in [1.82, 2.24) is 19.3 Å². The van der Waals surface area contributed by atoms with Gasteiger partial charge in [0, 0.05) is 25.7 Å². The van der Waals surface area contributed by atoms with Gasteiger partial charge in [-0.05, 0) is 49.4 Å². The fraction of sp³-hybridized carbons (Fsp3) is 0.375. The first-order chi connectivity index (χ1) is 17.3. The highest BCUT2D eigenvalue weighted by molar-refractivity contribution is 7.89. The summed E-state index contributed by atoms with van der Waals surface area (Å²) in [6.07, 6.45) is 0. The number of sulfonamides is 1. The number of ether oxygens (including phenoxy) is 3. The van der Waals surface area contributed by atoms with E-state index in [1.807, 2.05) is 6.92 Å². The average Bonchev–Trinajstić information content (AvgIpc) is 3.37.